The average Bonchev–Trinajstić information content (AvgIpc) is 2.79. The van der Waals surface area contributed by atoms with E-state index in [2.05, 4.69) is 15.6 Å². The van der Waals surface area contributed by atoms with Crippen LogP contribution in [0.2, 0.25) is 0 Å². The summed E-state index contributed by atoms with van der Waals surface area (Å²) in [5, 5.41) is 7.21. The molecule has 0 aromatic carbocycles. The Morgan fingerprint density at radius 3 is 2.21 bits per heavy atom. The summed E-state index contributed by atoms with van der Waals surface area (Å²) < 4.78 is 0. The predicted octanol–water partition coefficient (Wildman–Crippen LogP) is 3.29. The molecule has 3 atom stereocenters. The molecule has 0 amide bonds. The number of nitrogens with zero attached hydrogens (tertiary/aromatic N) is 1. The second kappa shape index (κ2) is 7.14. The van der Waals surface area contributed by atoms with Crippen LogP contribution in [0.4, 0.5) is 0 Å². The average molecular weight is 377 g/mol. The summed E-state index contributed by atoms with van der Waals surface area (Å²) in [6.45, 7) is 0. The van der Waals surface area contributed by atoms with Crippen LogP contribution in [0.25, 0.3) is 0 Å². The van der Waals surface area contributed by atoms with Gasteiger partial charge in [-0.25, -0.2) is 0 Å². The van der Waals surface area contributed by atoms with Gasteiger partial charge < -0.3 is 10.6 Å². The molecular formula is C15H28IN3. The van der Waals surface area contributed by atoms with Crippen molar-refractivity contribution >= 4 is 29.9 Å². The van der Waals surface area contributed by atoms with Gasteiger partial charge in [-0.2, -0.15) is 0 Å². The molecule has 0 heterocycles. The molecule has 3 nitrogen and oxygen atoms in total. The molecule has 0 saturated heterocycles. The van der Waals surface area contributed by atoms with Gasteiger partial charge >= 0.3 is 0 Å². The molecule has 4 heteroatoms. The van der Waals surface area contributed by atoms with Crippen LogP contribution in [0.3, 0.4) is 0 Å². The molecule has 3 aliphatic carbocycles. The summed E-state index contributed by atoms with van der Waals surface area (Å²) in [7, 11) is 1.90. The summed E-state index contributed by atoms with van der Waals surface area (Å²) >= 11 is 0. The standard InChI is InChI=1S/C15H27N3.HI/c1-16-15(17-13-6-3-7-13)18-14-9-8-11-4-2-5-12(11)10-14;/h11-14H,2-10H2,1H3,(H2,16,17,18);1H. The van der Waals surface area contributed by atoms with Gasteiger partial charge in [-0.15, -0.1) is 24.0 Å². The first-order valence-corrected chi connectivity index (χ1v) is 7.85. The van der Waals surface area contributed by atoms with Gasteiger partial charge in [0, 0.05) is 19.1 Å². The topological polar surface area (TPSA) is 36.4 Å². The largest absolute Gasteiger partial charge is 0.354 e. The van der Waals surface area contributed by atoms with Crippen LogP contribution < -0.4 is 10.6 Å². The lowest BCUT2D eigenvalue weighted by Gasteiger charge is -2.35. The number of halogens is 1. The fourth-order valence-corrected chi connectivity index (χ4v) is 3.94. The van der Waals surface area contributed by atoms with E-state index in [-0.39, 0.29) is 24.0 Å². The Morgan fingerprint density at radius 1 is 0.842 bits per heavy atom. The number of aliphatic imine (C=N–C) groups is 1. The summed E-state index contributed by atoms with van der Waals surface area (Å²) in [6.07, 6.45) is 12.6. The van der Waals surface area contributed by atoms with Gasteiger partial charge in [0.15, 0.2) is 5.96 Å². The fourth-order valence-electron chi connectivity index (χ4n) is 3.94. The van der Waals surface area contributed by atoms with Crippen molar-refractivity contribution in [1.29, 1.82) is 0 Å². The molecule has 0 aliphatic heterocycles. The van der Waals surface area contributed by atoms with E-state index in [9.17, 15) is 0 Å². The number of fused-ring (bicyclic) bond motifs is 1. The number of rotatable bonds is 2. The van der Waals surface area contributed by atoms with E-state index in [0.29, 0.717) is 12.1 Å². The summed E-state index contributed by atoms with van der Waals surface area (Å²) in [4.78, 5) is 4.38. The Hall–Kier alpha value is 0. The van der Waals surface area contributed by atoms with Gasteiger partial charge in [0.2, 0.25) is 0 Å². The van der Waals surface area contributed by atoms with Crippen molar-refractivity contribution in [2.45, 2.75) is 69.9 Å². The lowest BCUT2D eigenvalue weighted by molar-refractivity contribution is 0.238. The first-order valence-electron chi connectivity index (χ1n) is 7.85. The molecule has 0 spiro atoms. The highest BCUT2D eigenvalue weighted by atomic mass is 127. The Morgan fingerprint density at radius 2 is 1.53 bits per heavy atom. The molecule has 3 unspecified atom stereocenters. The van der Waals surface area contributed by atoms with Gasteiger partial charge in [-0.05, 0) is 50.4 Å². The Kier molecular flexibility index (Phi) is 5.78. The van der Waals surface area contributed by atoms with E-state index >= 15 is 0 Å². The number of nitrogens with one attached hydrogen (secondary N) is 2. The van der Waals surface area contributed by atoms with Crippen molar-refractivity contribution in [2.24, 2.45) is 16.8 Å². The molecule has 0 radical (unpaired) electrons. The van der Waals surface area contributed by atoms with Crippen molar-refractivity contribution in [3.05, 3.63) is 0 Å². The second-order valence-electron chi connectivity index (χ2n) is 6.45. The molecule has 3 aliphatic rings. The van der Waals surface area contributed by atoms with Crippen LogP contribution in [0, 0.1) is 11.8 Å². The number of hydrogen-bond donors (Lipinski definition) is 2. The minimum atomic E-state index is 0. The number of guanidine groups is 1. The smallest absolute Gasteiger partial charge is 0.191 e. The first kappa shape index (κ1) is 15.4. The third-order valence-corrected chi connectivity index (χ3v) is 5.30. The molecule has 0 aromatic rings. The van der Waals surface area contributed by atoms with Crippen LogP contribution in [0.15, 0.2) is 4.99 Å². The van der Waals surface area contributed by atoms with E-state index in [1.807, 2.05) is 7.05 Å². The van der Waals surface area contributed by atoms with Crippen molar-refractivity contribution in [2.75, 3.05) is 7.05 Å². The van der Waals surface area contributed by atoms with Gasteiger partial charge in [0.05, 0.1) is 0 Å². The molecule has 3 fully saturated rings. The van der Waals surface area contributed by atoms with Crippen LogP contribution in [0.5, 0.6) is 0 Å². The van der Waals surface area contributed by atoms with Gasteiger partial charge in [-0.1, -0.05) is 19.3 Å². The predicted molar refractivity (Wildman–Crippen MR) is 91.2 cm³/mol. The summed E-state index contributed by atoms with van der Waals surface area (Å²) in [5.74, 6) is 3.09. The zero-order valence-electron chi connectivity index (χ0n) is 12.0. The van der Waals surface area contributed by atoms with Crippen molar-refractivity contribution in [3.8, 4) is 0 Å². The SMILES string of the molecule is CN=C(NC1CCC1)NC1CCC2CCCC2C1.I. The highest BCUT2D eigenvalue weighted by Crippen LogP contribution is 2.42. The third kappa shape index (κ3) is 3.76. The number of hydrogen-bond acceptors (Lipinski definition) is 1. The quantitative estimate of drug-likeness (QED) is 0.440. The van der Waals surface area contributed by atoms with Crippen molar-refractivity contribution in [1.82, 2.24) is 10.6 Å². The Bertz CT molecular complexity index is 315. The molecule has 0 bridgehead atoms. The van der Waals surface area contributed by atoms with E-state index < -0.39 is 0 Å². The van der Waals surface area contributed by atoms with E-state index in [1.54, 1.807) is 0 Å². The zero-order valence-corrected chi connectivity index (χ0v) is 14.4. The normalized spacial score (nSPS) is 35.0. The second-order valence-corrected chi connectivity index (χ2v) is 6.45. The third-order valence-electron chi connectivity index (χ3n) is 5.30. The van der Waals surface area contributed by atoms with Crippen molar-refractivity contribution in [3.63, 3.8) is 0 Å². The maximum Gasteiger partial charge on any atom is 0.191 e. The van der Waals surface area contributed by atoms with Gasteiger partial charge in [0.1, 0.15) is 0 Å². The molecule has 0 aromatic heterocycles. The fraction of sp³-hybridized carbons (Fsp3) is 0.933. The van der Waals surface area contributed by atoms with Crippen molar-refractivity contribution < 1.29 is 0 Å². The maximum atomic E-state index is 4.38. The molecule has 3 rings (SSSR count). The highest BCUT2D eigenvalue weighted by molar-refractivity contribution is 14.0. The monoisotopic (exact) mass is 377 g/mol. The lowest BCUT2D eigenvalue weighted by atomic mass is 9.79. The lowest BCUT2D eigenvalue weighted by Crippen LogP contribution is -2.50. The van der Waals surface area contributed by atoms with Crippen LogP contribution in [-0.2, 0) is 0 Å². The van der Waals surface area contributed by atoms with Gasteiger partial charge in [0.25, 0.3) is 0 Å². The van der Waals surface area contributed by atoms with Crippen LogP contribution >= 0.6 is 24.0 Å². The summed E-state index contributed by atoms with van der Waals surface area (Å²) in [6, 6.07) is 1.34. The molecule has 110 valence electrons. The molecule has 19 heavy (non-hydrogen) atoms. The Labute approximate surface area is 134 Å². The Balaban J connectivity index is 0.00000133. The highest BCUT2D eigenvalue weighted by Gasteiger charge is 2.34. The van der Waals surface area contributed by atoms with Gasteiger partial charge in [-0.3, -0.25) is 4.99 Å². The van der Waals surface area contributed by atoms with Crippen LogP contribution in [0.1, 0.15) is 57.8 Å². The van der Waals surface area contributed by atoms with E-state index in [0.717, 1.165) is 17.8 Å². The zero-order chi connectivity index (χ0) is 12.4. The minimum Gasteiger partial charge on any atom is -0.354 e. The molecule has 3 saturated carbocycles. The van der Waals surface area contributed by atoms with E-state index in [4.69, 9.17) is 0 Å². The maximum absolute atomic E-state index is 4.38. The minimum absolute atomic E-state index is 0. The summed E-state index contributed by atoms with van der Waals surface area (Å²) in [5.41, 5.74) is 0. The molecule has 2 N–H and O–H groups in total. The molecular weight excluding hydrogens is 349 g/mol. The van der Waals surface area contributed by atoms with E-state index in [1.165, 1.54) is 57.8 Å². The first-order chi connectivity index (χ1) is 8.85. The van der Waals surface area contributed by atoms with Crippen LogP contribution in [-0.4, -0.2) is 25.1 Å².